The lowest BCUT2D eigenvalue weighted by Gasteiger charge is -2.36. The van der Waals surface area contributed by atoms with Gasteiger partial charge in [0.25, 0.3) is 0 Å². The van der Waals surface area contributed by atoms with Crippen LogP contribution in [0.2, 0.25) is 0 Å². The maximum Gasteiger partial charge on any atom is 0.331 e. The van der Waals surface area contributed by atoms with Crippen molar-refractivity contribution in [3.8, 4) is 0 Å². The minimum absolute atomic E-state index is 0.0238. The number of amides is 1. The molecule has 0 aromatic heterocycles. The quantitative estimate of drug-likeness (QED) is 0.387. The fourth-order valence-corrected chi connectivity index (χ4v) is 2.66. The van der Waals surface area contributed by atoms with Gasteiger partial charge in [-0.2, -0.15) is 0 Å². The predicted octanol–water partition coefficient (Wildman–Crippen LogP) is 0.122. The lowest BCUT2D eigenvalue weighted by Crippen LogP contribution is -2.54. The van der Waals surface area contributed by atoms with Gasteiger partial charge in [-0.3, -0.25) is 4.79 Å². The summed E-state index contributed by atoms with van der Waals surface area (Å²) in [6.07, 6.45) is 2.71. The summed E-state index contributed by atoms with van der Waals surface area (Å²) in [5.41, 5.74) is 11.0. The highest BCUT2D eigenvalue weighted by atomic mass is 16.5. The first kappa shape index (κ1) is 19.0. The molecule has 8 nitrogen and oxygen atoms in total. The lowest BCUT2D eigenvalue weighted by atomic mass is 9.88. The van der Waals surface area contributed by atoms with E-state index in [1.165, 1.54) is 13.0 Å². The Bertz CT molecular complexity index is 496. The fraction of sp³-hybridized carbons (Fsp3) is 0.667. The van der Waals surface area contributed by atoms with Gasteiger partial charge in [0.05, 0.1) is 24.3 Å². The number of carbonyl (C=O) groups excluding carboxylic acids is 1. The molecule has 0 saturated heterocycles. The van der Waals surface area contributed by atoms with Crippen LogP contribution in [-0.2, 0) is 14.3 Å². The number of rotatable bonds is 7. The van der Waals surface area contributed by atoms with Gasteiger partial charge < -0.3 is 26.6 Å². The van der Waals surface area contributed by atoms with E-state index in [2.05, 4.69) is 10.3 Å². The smallest absolute Gasteiger partial charge is 0.331 e. The van der Waals surface area contributed by atoms with Crippen molar-refractivity contribution in [2.45, 2.75) is 64.3 Å². The molecule has 8 heteroatoms. The second-order valence-electron chi connectivity index (χ2n) is 5.59. The zero-order valence-electron chi connectivity index (χ0n) is 13.8. The third-order valence-corrected chi connectivity index (χ3v) is 3.78. The van der Waals surface area contributed by atoms with E-state index in [4.69, 9.17) is 16.2 Å². The van der Waals surface area contributed by atoms with Gasteiger partial charge in [-0.15, -0.1) is 0 Å². The second kappa shape index (κ2) is 8.52. The highest BCUT2D eigenvalue weighted by Crippen LogP contribution is 2.26. The fourth-order valence-electron chi connectivity index (χ4n) is 2.66. The number of hydrogen-bond donors (Lipinski definition) is 4. The van der Waals surface area contributed by atoms with Crippen molar-refractivity contribution in [2.24, 2.45) is 16.5 Å². The van der Waals surface area contributed by atoms with E-state index in [1.54, 1.807) is 0 Å². The van der Waals surface area contributed by atoms with Crippen LogP contribution < -0.4 is 16.8 Å². The normalized spacial score (nSPS) is 24.0. The number of carbonyl (C=O) groups is 2. The minimum atomic E-state index is -1.04. The van der Waals surface area contributed by atoms with Gasteiger partial charge in [0.15, 0.2) is 5.96 Å². The van der Waals surface area contributed by atoms with Gasteiger partial charge in [-0.25, -0.2) is 9.79 Å². The van der Waals surface area contributed by atoms with Crippen molar-refractivity contribution in [1.82, 2.24) is 5.32 Å². The first-order valence-electron chi connectivity index (χ1n) is 7.73. The Labute approximate surface area is 136 Å². The summed E-state index contributed by atoms with van der Waals surface area (Å²) in [6.45, 7) is 5.37. The van der Waals surface area contributed by atoms with Gasteiger partial charge in [0, 0.05) is 18.9 Å². The third-order valence-electron chi connectivity index (χ3n) is 3.78. The summed E-state index contributed by atoms with van der Waals surface area (Å²) >= 11 is 0. The molecular weight excluding hydrogens is 300 g/mol. The van der Waals surface area contributed by atoms with Gasteiger partial charge in [0.1, 0.15) is 0 Å². The van der Waals surface area contributed by atoms with E-state index in [9.17, 15) is 14.7 Å². The standard InChI is InChI=1S/C15H26N4O4/c1-4-10(5-2)23-12-7-9(14(21)22)6-11(19-15(16)17)13(12)18-8(3)20/h6,10-13H,4-5,7H2,1-3H3,(H,18,20)(H,21,22)(H4,16,17,19)/t11-,12+,13+/m0/s1. The lowest BCUT2D eigenvalue weighted by molar-refractivity contribution is -0.133. The van der Waals surface area contributed by atoms with Gasteiger partial charge in [-0.05, 0) is 18.9 Å². The molecule has 130 valence electrons. The molecule has 0 unspecified atom stereocenters. The van der Waals surface area contributed by atoms with Crippen molar-refractivity contribution in [2.75, 3.05) is 0 Å². The number of ether oxygens (including phenoxy) is 1. The van der Waals surface area contributed by atoms with Crippen molar-refractivity contribution in [3.63, 3.8) is 0 Å². The first-order chi connectivity index (χ1) is 10.8. The molecule has 0 bridgehead atoms. The molecule has 0 aromatic carbocycles. The summed E-state index contributed by atoms with van der Waals surface area (Å²) in [5.74, 6) is -1.47. The Hall–Kier alpha value is -2.09. The third kappa shape index (κ3) is 5.55. The SMILES string of the molecule is CCC(CC)O[C@@H]1CC(C(=O)O)=C[C@H](N=C(N)N)[C@H]1NC(C)=O. The molecule has 0 aromatic rings. The molecule has 0 spiro atoms. The molecule has 1 amide bonds. The molecule has 23 heavy (non-hydrogen) atoms. The molecule has 6 N–H and O–H groups in total. The molecular formula is C15H26N4O4. The van der Waals surface area contributed by atoms with Gasteiger partial charge >= 0.3 is 5.97 Å². The molecule has 3 atom stereocenters. The number of aliphatic imine (C=N–C) groups is 1. The maximum atomic E-state index is 11.5. The van der Waals surface area contributed by atoms with Crippen LogP contribution in [0.5, 0.6) is 0 Å². The summed E-state index contributed by atoms with van der Waals surface area (Å²) < 4.78 is 6.03. The van der Waals surface area contributed by atoms with Crippen molar-refractivity contribution >= 4 is 17.8 Å². The predicted molar refractivity (Wildman–Crippen MR) is 86.8 cm³/mol. The summed E-state index contributed by atoms with van der Waals surface area (Å²) in [4.78, 5) is 26.9. The molecule has 0 aliphatic heterocycles. The monoisotopic (exact) mass is 326 g/mol. The van der Waals surface area contributed by atoms with E-state index in [1.807, 2.05) is 13.8 Å². The van der Waals surface area contributed by atoms with Crippen molar-refractivity contribution in [1.29, 1.82) is 0 Å². The molecule has 0 heterocycles. The first-order valence-corrected chi connectivity index (χ1v) is 7.73. The Kier molecular flexibility index (Phi) is 7.02. The number of nitrogens with zero attached hydrogens (tertiary/aromatic N) is 1. The van der Waals surface area contributed by atoms with Crippen LogP contribution in [-0.4, -0.2) is 47.2 Å². The Morgan fingerprint density at radius 2 is 2.04 bits per heavy atom. The van der Waals surface area contributed by atoms with Crippen molar-refractivity contribution < 1.29 is 19.4 Å². The van der Waals surface area contributed by atoms with Crippen LogP contribution in [0.25, 0.3) is 0 Å². The van der Waals surface area contributed by atoms with E-state index < -0.39 is 24.2 Å². The summed E-state index contributed by atoms with van der Waals surface area (Å²) in [5, 5.41) is 12.1. The molecule has 0 saturated carbocycles. The van der Waals surface area contributed by atoms with Crippen LogP contribution in [0, 0.1) is 0 Å². The van der Waals surface area contributed by atoms with Crippen LogP contribution >= 0.6 is 0 Å². The number of guanidine groups is 1. The topological polar surface area (TPSA) is 140 Å². The number of nitrogens with one attached hydrogen (secondary N) is 1. The zero-order chi connectivity index (χ0) is 17.6. The zero-order valence-corrected chi connectivity index (χ0v) is 13.8. The average Bonchev–Trinajstić information content (AvgIpc) is 2.46. The number of aliphatic carboxylic acids is 1. The Morgan fingerprint density at radius 3 is 2.48 bits per heavy atom. The van der Waals surface area contributed by atoms with Crippen LogP contribution in [0.1, 0.15) is 40.0 Å². The number of nitrogens with two attached hydrogens (primary N) is 2. The number of carboxylic acids is 1. The molecule has 0 radical (unpaired) electrons. The van der Waals surface area contributed by atoms with Crippen molar-refractivity contribution in [3.05, 3.63) is 11.6 Å². The molecule has 1 aliphatic carbocycles. The molecule has 0 fully saturated rings. The maximum absolute atomic E-state index is 11.5. The summed E-state index contributed by atoms with van der Waals surface area (Å²) in [6, 6.07) is -1.19. The van der Waals surface area contributed by atoms with E-state index in [0.29, 0.717) is 0 Å². The highest BCUT2D eigenvalue weighted by Gasteiger charge is 2.37. The second-order valence-corrected chi connectivity index (χ2v) is 5.59. The van der Waals surface area contributed by atoms with E-state index >= 15 is 0 Å². The van der Waals surface area contributed by atoms with Crippen LogP contribution in [0.3, 0.4) is 0 Å². The minimum Gasteiger partial charge on any atom is -0.478 e. The number of hydrogen-bond acceptors (Lipinski definition) is 4. The number of carboxylic acid groups (broad SMARTS) is 1. The Balaban J connectivity index is 3.17. The largest absolute Gasteiger partial charge is 0.478 e. The van der Waals surface area contributed by atoms with Crippen LogP contribution in [0.4, 0.5) is 0 Å². The van der Waals surface area contributed by atoms with E-state index in [0.717, 1.165) is 12.8 Å². The molecule has 1 aliphatic rings. The van der Waals surface area contributed by atoms with Crippen LogP contribution in [0.15, 0.2) is 16.6 Å². The molecule has 1 rings (SSSR count). The average molecular weight is 326 g/mol. The van der Waals surface area contributed by atoms with Gasteiger partial charge in [-0.1, -0.05) is 13.8 Å². The van der Waals surface area contributed by atoms with Gasteiger partial charge in [0.2, 0.25) is 5.91 Å². The van der Waals surface area contributed by atoms with E-state index in [-0.39, 0.29) is 30.0 Å². The highest BCUT2D eigenvalue weighted by molar-refractivity contribution is 5.87. The summed E-state index contributed by atoms with van der Waals surface area (Å²) in [7, 11) is 0. The Morgan fingerprint density at radius 1 is 1.43 bits per heavy atom.